The molecule has 8 heteroatoms. The number of hydrogen-bond donors (Lipinski definition) is 1. The van der Waals surface area contributed by atoms with Gasteiger partial charge in [0, 0.05) is 6.54 Å². The Balaban J connectivity index is 1.98. The Kier molecular flexibility index (Phi) is 5.48. The molecule has 1 aliphatic rings. The van der Waals surface area contributed by atoms with Gasteiger partial charge < -0.3 is 19.3 Å². The van der Waals surface area contributed by atoms with Crippen molar-refractivity contribution in [2.75, 3.05) is 27.2 Å². The summed E-state index contributed by atoms with van der Waals surface area (Å²) in [7, 11) is 3.91. The van der Waals surface area contributed by atoms with Gasteiger partial charge in [-0.3, -0.25) is 9.59 Å². The Morgan fingerprint density at radius 2 is 2.15 bits per heavy atom. The van der Waals surface area contributed by atoms with Crippen LogP contribution < -0.4 is 0 Å². The highest BCUT2D eigenvalue weighted by atomic mass is 32.1. The van der Waals surface area contributed by atoms with E-state index < -0.39 is 17.7 Å². The van der Waals surface area contributed by atoms with Gasteiger partial charge in [0.15, 0.2) is 5.76 Å². The summed E-state index contributed by atoms with van der Waals surface area (Å²) in [5.74, 6) is -0.964. The normalized spacial score (nSPS) is 17.4. The fourth-order valence-electron chi connectivity index (χ4n) is 3.28. The number of nitrogens with zero attached hydrogens (tertiary/aromatic N) is 3. The van der Waals surface area contributed by atoms with E-state index in [1.54, 1.807) is 19.1 Å². The van der Waals surface area contributed by atoms with Crippen LogP contribution in [-0.4, -0.2) is 58.8 Å². The molecule has 2 aromatic rings. The minimum absolute atomic E-state index is 0.0616. The number of aliphatic hydroxyl groups is 1. The van der Waals surface area contributed by atoms with Crippen molar-refractivity contribution in [3.8, 4) is 0 Å². The lowest BCUT2D eigenvalue weighted by molar-refractivity contribution is -0.129. The van der Waals surface area contributed by atoms with Gasteiger partial charge in [-0.2, -0.15) is 0 Å². The number of aryl methyl sites for hydroxylation is 2. The number of amides is 1. The number of rotatable bonds is 7. The third kappa shape index (κ3) is 3.68. The first-order valence-corrected chi connectivity index (χ1v) is 9.54. The quantitative estimate of drug-likeness (QED) is 0.733. The Hall–Kier alpha value is -2.45. The van der Waals surface area contributed by atoms with Crippen molar-refractivity contribution in [2.45, 2.75) is 26.3 Å². The molecule has 0 unspecified atom stereocenters. The zero-order chi connectivity index (χ0) is 19.7. The second-order valence-corrected chi connectivity index (χ2v) is 8.02. The summed E-state index contributed by atoms with van der Waals surface area (Å²) in [6.45, 7) is 4.76. The zero-order valence-corrected chi connectivity index (χ0v) is 16.7. The van der Waals surface area contributed by atoms with Gasteiger partial charge in [-0.25, -0.2) is 4.98 Å². The number of carbonyl (C=O) groups is 2. The molecule has 0 saturated heterocycles. The van der Waals surface area contributed by atoms with E-state index in [1.807, 2.05) is 25.9 Å². The van der Waals surface area contributed by atoms with Crippen molar-refractivity contribution in [1.29, 1.82) is 0 Å². The van der Waals surface area contributed by atoms with Gasteiger partial charge in [0.2, 0.25) is 5.78 Å². The van der Waals surface area contributed by atoms with Crippen LogP contribution in [0.1, 0.15) is 38.6 Å². The van der Waals surface area contributed by atoms with E-state index in [-0.39, 0.29) is 11.4 Å². The number of ketones is 1. The van der Waals surface area contributed by atoms with Crippen LogP contribution in [-0.2, 0) is 4.79 Å². The molecule has 144 valence electrons. The van der Waals surface area contributed by atoms with Gasteiger partial charge >= 0.3 is 0 Å². The first-order valence-electron chi connectivity index (χ1n) is 8.72. The molecule has 1 N–H and O–H groups in total. The second-order valence-electron chi connectivity index (χ2n) is 6.81. The molecule has 3 rings (SSSR count). The zero-order valence-electron chi connectivity index (χ0n) is 15.9. The van der Waals surface area contributed by atoms with Crippen LogP contribution >= 0.6 is 11.3 Å². The Labute approximate surface area is 161 Å². The smallest absolute Gasteiger partial charge is 0.290 e. The summed E-state index contributed by atoms with van der Waals surface area (Å²) < 4.78 is 5.51. The van der Waals surface area contributed by atoms with Crippen LogP contribution in [0, 0.1) is 13.8 Å². The molecule has 1 atom stereocenters. The largest absolute Gasteiger partial charge is 0.503 e. The van der Waals surface area contributed by atoms with Crippen molar-refractivity contribution < 1.29 is 19.1 Å². The molecule has 0 saturated carbocycles. The number of carbonyl (C=O) groups excluding carboxylic acids is 2. The predicted octanol–water partition coefficient (Wildman–Crippen LogP) is 2.88. The number of hydrogen-bond acceptors (Lipinski definition) is 7. The van der Waals surface area contributed by atoms with Gasteiger partial charge in [-0.15, -0.1) is 11.3 Å². The van der Waals surface area contributed by atoms with E-state index >= 15 is 0 Å². The lowest BCUT2D eigenvalue weighted by atomic mass is 9.99. The molecule has 0 aliphatic carbocycles. The average molecular weight is 389 g/mol. The minimum atomic E-state index is -0.732. The van der Waals surface area contributed by atoms with Crippen molar-refractivity contribution >= 4 is 23.0 Å². The van der Waals surface area contributed by atoms with E-state index in [9.17, 15) is 14.7 Å². The molecule has 7 nitrogen and oxygen atoms in total. The maximum atomic E-state index is 13.2. The van der Waals surface area contributed by atoms with Gasteiger partial charge in [-0.1, -0.05) is 0 Å². The molecule has 2 aromatic heterocycles. The second kappa shape index (κ2) is 7.66. The molecule has 3 heterocycles. The Bertz CT molecular complexity index is 883. The molecular weight excluding hydrogens is 366 g/mol. The lowest BCUT2D eigenvalue weighted by Crippen LogP contribution is -2.33. The standard InChI is InChI=1S/C19H23N3O4S/c1-11-18(27-12(2)20-11)16(23)14-15(13-7-5-10-26-13)22(19(25)17(14)24)9-6-8-21(3)4/h5,7,10,15,24H,6,8-9H2,1-4H3/t15-/m1/s1. The molecule has 1 amide bonds. The van der Waals surface area contributed by atoms with Gasteiger partial charge in [-0.05, 0) is 53.0 Å². The summed E-state index contributed by atoms with van der Waals surface area (Å²) in [4.78, 5) is 34.2. The number of thiazole rings is 1. The van der Waals surface area contributed by atoms with E-state index in [4.69, 9.17) is 4.42 Å². The highest BCUT2D eigenvalue weighted by molar-refractivity contribution is 7.14. The first kappa shape index (κ1) is 19.3. The van der Waals surface area contributed by atoms with Crippen molar-refractivity contribution in [3.63, 3.8) is 0 Å². The van der Waals surface area contributed by atoms with E-state index in [0.29, 0.717) is 29.3 Å². The predicted molar refractivity (Wildman–Crippen MR) is 102 cm³/mol. The molecule has 27 heavy (non-hydrogen) atoms. The van der Waals surface area contributed by atoms with Gasteiger partial charge in [0.05, 0.1) is 27.4 Å². The summed E-state index contributed by atoms with van der Waals surface area (Å²) >= 11 is 1.26. The maximum absolute atomic E-state index is 13.2. The van der Waals surface area contributed by atoms with Crippen molar-refractivity contribution in [3.05, 3.63) is 51.1 Å². The molecule has 0 fully saturated rings. The summed E-state index contributed by atoms with van der Waals surface area (Å²) in [5, 5.41) is 11.3. The van der Waals surface area contributed by atoms with E-state index in [1.165, 1.54) is 22.5 Å². The third-order valence-electron chi connectivity index (χ3n) is 4.48. The maximum Gasteiger partial charge on any atom is 0.290 e. The number of aromatic nitrogens is 1. The Morgan fingerprint density at radius 3 is 2.70 bits per heavy atom. The van der Waals surface area contributed by atoms with Crippen LogP contribution in [0.25, 0.3) is 0 Å². The van der Waals surface area contributed by atoms with Gasteiger partial charge in [0.25, 0.3) is 5.91 Å². The summed E-state index contributed by atoms with van der Waals surface area (Å²) in [6, 6.07) is 2.69. The van der Waals surface area contributed by atoms with Crippen molar-refractivity contribution in [2.24, 2.45) is 0 Å². The van der Waals surface area contributed by atoms with E-state index in [2.05, 4.69) is 4.98 Å². The summed E-state index contributed by atoms with van der Waals surface area (Å²) in [6.07, 6.45) is 2.21. The number of Topliss-reactive ketones (excluding diaryl/α,β-unsaturated/α-hetero) is 1. The molecule has 1 aliphatic heterocycles. The molecule has 0 bridgehead atoms. The fourth-order valence-corrected chi connectivity index (χ4v) is 4.15. The number of aliphatic hydroxyl groups excluding tert-OH is 1. The third-order valence-corrected chi connectivity index (χ3v) is 5.55. The van der Waals surface area contributed by atoms with E-state index in [0.717, 1.165) is 11.6 Å². The monoisotopic (exact) mass is 389 g/mol. The minimum Gasteiger partial charge on any atom is -0.503 e. The highest BCUT2D eigenvalue weighted by Gasteiger charge is 2.45. The van der Waals surface area contributed by atoms with Crippen LogP contribution in [0.15, 0.2) is 34.1 Å². The molecule has 0 aromatic carbocycles. The van der Waals surface area contributed by atoms with Crippen LogP contribution in [0.4, 0.5) is 0 Å². The lowest BCUT2D eigenvalue weighted by Gasteiger charge is -2.25. The Morgan fingerprint density at radius 1 is 1.41 bits per heavy atom. The summed E-state index contributed by atoms with van der Waals surface area (Å²) in [5.41, 5.74) is 0.658. The SMILES string of the molecule is Cc1nc(C)c(C(=O)C2=C(O)C(=O)N(CCCN(C)C)[C@@H]2c2ccco2)s1. The highest BCUT2D eigenvalue weighted by Crippen LogP contribution is 2.40. The van der Waals surface area contributed by atoms with Crippen LogP contribution in [0.2, 0.25) is 0 Å². The molecular formula is C19H23N3O4S. The van der Waals surface area contributed by atoms with Crippen LogP contribution in [0.5, 0.6) is 0 Å². The van der Waals surface area contributed by atoms with Crippen LogP contribution in [0.3, 0.4) is 0 Å². The topological polar surface area (TPSA) is 86.9 Å². The first-order chi connectivity index (χ1) is 12.8. The fraction of sp³-hybridized carbons (Fsp3) is 0.421. The average Bonchev–Trinajstić information content (AvgIpc) is 3.29. The molecule has 0 spiro atoms. The molecule has 0 radical (unpaired) electrons. The number of furan rings is 1. The van der Waals surface area contributed by atoms with Crippen molar-refractivity contribution in [1.82, 2.24) is 14.8 Å². The van der Waals surface area contributed by atoms with Gasteiger partial charge in [0.1, 0.15) is 11.8 Å².